The molecule has 1 heterocycles. The molecule has 114 valence electrons. The lowest BCUT2D eigenvalue weighted by molar-refractivity contribution is -0.116. The molecule has 0 aliphatic heterocycles. The Morgan fingerprint density at radius 2 is 2.14 bits per heavy atom. The van der Waals surface area contributed by atoms with E-state index < -0.39 is 0 Å². The van der Waals surface area contributed by atoms with Gasteiger partial charge >= 0.3 is 5.97 Å². The molecule has 0 saturated heterocycles. The molecule has 1 amide bonds. The summed E-state index contributed by atoms with van der Waals surface area (Å²) in [6, 6.07) is 0.606. The van der Waals surface area contributed by atoms with Crippen molar-refractivity contribution in [3.05, 3.63) is 16.0 Å². The summed E-state index contributed by atoms with van der Waals surface area (Å²) >= 11 is 1.52. The van der Waals surface area contributed by atoms with Gasteiger partial charge in [-0.3, -0.25) is 4.79 Å². The molecule has 0 atom stereocenters. The monoisotopic (exact) mass is 308 g/mol. The first-order valence-electron chi connectivity index (χ1n) is 7.45. The number of amides is 1. The Labute approximate surface area is 128 Å². The molecule has 2 aliphatic carbocycles. The topological polar surface area (TPSA) is 67.4 Å². The number of nitrogens with one attached hydrogen (secondary N) is 2. The fourth-order valence-corrected chi connectivity index (χ4v) is 3.97. The molecule has 5 nitrogen and oxygen atoms in total. The molecular formula is C15H20N2O3S. The maximum atomic E-state index is 12.0. The standard InChI is InChI=1S/C15H20N2O3S/c1-20-15(19)13-10-3-2-4-11(10)21-14(13)17-12(18)7-8-16-9-5-6-9/h9,16H,2-8H2,1H3,(H,17,18). The van der Waals surface area contributed by atoms with Crippen LogP contribution in [0.1, 0.15) is 46.5 Å². The zero-order chi connectivity index (χ0) is 14.8. The van der Waals surface area contributed by atoms with E-state index in [4.69, 9.17) is 4.74 Å². The van der Waals surface area contributed by atoms with Crippen LogP contribution >= 0.6 is 11.3 Å². The highest BCUT2D eigenvalue weighted by atomic mass is 32.1. The van der Waals surface area contributed by atoms with E-state index in [9.17, 15) is 9.59 Å². The SMILES string of the molecule is COC(=O)c1c(NC(=O)CCNC2CC2)sc2c1CCC2. The smallest absolute Gasteiger partial charge is 0.341 e. The summed E-state index contributed by atoms with van der Waals surface area (Å²) < 4.78 is 4.87. The van der Waals surface area contributed by atoms with Crippen LogP contribution in [0.5, 0.6) is 0 Å². The van der Waals surface area contributed by atoms with Crippen molar-refractivity contribution >= 4 is 28.2 Å². The number of hydrogen-bond acceptors (Lipinski definition) is 5. The minimum atomic E-state index is -0.346. The molecule has 1 aromatic heterocycles. The molecule has 2 aliphatic rings. The van der Waals surface area contributed by atoms with Gasteiger partial charge in [0.05, 0.1) is 12.7 Å². The number of methoxy groups -OCH3 is 1. The summed E-state index contributed by atoms with van der Waals surface area (Å²) in [7, 11) is 1.38. The number of aryl methyl sites for hydroxylation is 1. The number of hydrogen-bond donors (Lipinski definition) is 2. The van der Waals surface area contributed by atoms with Crippen LogP contribution in [0.4, 0.5) is 5.00 Å². The number of esters is 1. The van der Waals surface area contributed by atoms with Crippen molar-refractivity contribution in [2.45, 2.75) is 44.6 Å². The van der Waals surface area contributed by atoms with Crippen LogP contribution in [-0.2, 0) is 22.4 Å². The molecule has 1 saturated carbocycles. The summed E-state index contributed by atoms with van der Waals surface area (Å²) in [4.78, 5) is 25.2. The molecule has 0 aromatic carbocycles. The van der Waals surface area contributed by atoms with E-state index in [-0.39, 0.29) is 11.9 Å². The van der Waals surface area contributed by atoms with Gasteiger partial charge in [0.15, 0.2) is 0 Å². The predicted octanol–water partition coefficient (Wildman–Crippen LogP) is 2.10. The lowest BCUT2D eigenvalue weighted by Gasteiger charge is -2.07. The Hall–Kier alpha value is -1.40. The van der Waals surface area contributed by atoms with Crippen LogP contribution in [0, 0.1) is 0 Å². The largest absolute Gasteiger partial charge is 0.465 e. The lowest BCUT2D eigenvalue weighted by atomic mass is 10.1. The Morgan fingerprint density at radius 3 is 2.86 bits per heavy atom. The summed E-state index contributed by atoms with van der Waals surface area (Å²) in [5, 5.41) is 6.86. The predicted molar refractivity (Wildman–Crippen MR) is 82.0 cm³/mol. The number of fused-ring (bicyclic) bond motifs is 1. The zero-order valence-electron chi connectivity index (χ0n) is 12.2. The molecule has 2 N–H and O–H groups in total. The zero-order valence-corrected chi connectivity index (χ0v) is 13.0. The third-order valence-corrected chi connectivity index (χ3v) is 5.13. The van der Waals surface area contributed by atoms with Gasteiger partial charge in [-0.1, -0.05) is 0 Å². The highest BCUT2D eigenvalue weighted by Crippen LogP contribution is 2.39. The quantitative estimate of drug-likeness (QED) is 0.790. The number of thiophene rings is 1. The minimum absolute atomic E-state index is 0.0479. The highest BCUT2D eigenvalue weighted by Gasteiger charge is 2.28. The van der Waals surface area contributed by atoms with Gasteiger partial charge in [-0.2, -0.15) is 0 Å². The van der Waals surface area contributed by atoms with Crippen molar-refractivity contribution in [1.82, 2.24) is 5.32 Å². The molecular weight excluding hydrogens is 288 g/mol. The average molecular weight is 308 g/mol. The van der Waals surface area contributed by atoms with E-state index in [2.05, 4.69) is 10.6 Å². The molecule has 1 aromatic rings. The fraction of sp³-hybridized carbons (Fsp3) is 0.600. The van der Waals surface area contributed by atoms with E-state index in [1.165, 1.54) is 36.2 Å². The van der Waals surface area contributed by atoms with Gasteiger partial charge in [-0.05, 0) is 37.7 Å². The lowest BCUT2D eigenvalue weighted by Crippen LogP contribution is -2.23. The maximum Gasteiger partial charge on any atom is 0.341 e. The van der Waals surface area contributed by atoms with Crippen LogP contribution in [0.3, 0.4) is 0 Å². The third-order valence-electron chi connectivity index (χ3n) is 3.93. The van der Waals surface area contributed by atoms with Crippen LogP contribution in [-0.4, -0.2) is 31.6 Å². The van der Waals surface area contributed by atoms with Crippen LogP contribution in [0.15, 0.2) is 0 Å². The first-order chi connectivity index (χ1) is 10.2. The summed E-state index contributed by atoms with van der Waals surface area (Å²) in [6.07, 6.45) is 5.82. The number of rotatable bonds is 6. The average Bonchev–Trinajstić information content (AvgIpc) is 3.07. The fourth-order valence-electron chi connectivity index (χ4n) is 2.68. The highest BCUT2D eigenvalue weighted by molar-refractivity contribution is 7.17. The molecule has 0 spiro atoms. The Kier molecular flexibility index (Phi) is 4.26. The molecule has 21 heavy (non-hydrogen) atoms. The van der Waals surface area contributed by atoms with Crippen LogP contribution in [0.2, 0.25) is 0 Å². The van der Waals surface area contributed by atoms with Gasteiger partial charge < -0.3 is 15.4 Å². The maximum absolute atomic E-state index is 12.0. The van der Waals surface area contributed by atoms with Gasteiger partial charge in [0, 0.05) is 23.9 Å². The van der Waals surface area contributed by atoms with Crippen molar-refractivity contribution in [3.8, 4) is 0 Å². The minimum Gasteiger partial charge on any atom is -0.465 e. The number of anilines is 1. The molecule has 1 fully saturated rings. The summed E-state index contributed by atoms with van der Waals surface area (Å²) in [5.41, 5.74) is 1.64. The normalized spacial score (nSPS) is 16.6. The summed E-state index contributed by atoms with van der Waals surface area (Å²) in [5.74, 6) is -0.394. The van der Waals surface area contributed by atoms with Crippen molar-refractivity contribution < 1.29 is 14.3 Å². The van der Waals surface area contributed by atoms with Gasteiger partial charge in [0.25, 0.3) is 0 Å². The van der Waals surface area contributed by atoms with Gasteiger partial charge in [0.2, 0.25) is 5.91 Å². The Morgan fingerprint density at radius 1 is 1.33 bits per heavy atom. The van der Waals surface area contributed by atoms with E-state index >= 15 is 0 Å². The van der Waals surface area contributed by atoms with E-state index in [0.29, 0.717) is 29.6 Å². The van der Waals surface area contributed by atoms with Crippen molar-refractivity contribution in [3.63, 3.8) is 0 Å². The molecule has 0 radical (unpaired) electrons. The molecule has 0 unspecified atom stereocenters. The van der Waals surface area contributed by atoms with E-state index in [1.54, 1.807) is 0 Å². The van der Waals surface area contributed by atoms with Crippen LogP contribution in [0.25, 0.3) is 0 Å². The first-order valence-corrected chi connectivity index (χ1v) is 8.26. The second-order valence-electron chi connectivity index (χ2n) is 5.58. The Bertz CT molecular complexity index is 564. The third kappa shape index (κ3) is 3.27. The second kappa shape index (κ2) is 6.15. The van der Waals surface area contributed by atoms with Gasteiger partial charge in [0.1, 0.15) is 5.00 Å². The van der Waals surface area contributed by atoms with Crippen molar-refractivity contribution in [2.75, 3.05) is 19.0 Å². The Balaban J connectivity index is 1.66. The van der Waals surface area contributed by atoms with Crippen molar-refractivity contribution in [2.24, 2.45) is 0 Å². The van der Waals surface area contributed by atoms with E-state index in [0.717, 1.165) is 24.8 Å². The number of carbonyl (C=O) groups is 2. The van der Waals surface area contributed by atoms with Gasteiger partial charge in [-0.15, -0.1) is 11.3 Å². The summed E-state index contributed by atoms with van der Waals surface area (Å²) in [6.45, 7) is 0.690. The second-order valence-corrected chi connectivity index (χ2v) is 6.68. The van der Waals surface area contributed by atoms with Crippen molar-refractivity contribution in [1.29, 1.82) is 0 Å². The molecule has 3 rings (SSSR count). The van der Waals surface area contributed by atoms with Gasteiger partial charge in [-0.25, -0.2) is 4.79 Å². The molecule has 0 bridgehead atoms. The van der Waals surface area contributed by atoms with E-state index in [1.807, 2.05) is 0 Å². The number of ether oxygens (including phenoxy) is 1. The number of carbonyl (C=O) groups excluding carboxylic acids is 2. The van der Waals surface area contributed by atoms with Crippen LogP contribution < -0.4 is 10.6 Å². The molecule has 6 heteroatoms. The first kappa shape index (κ1) is 14.5.